The van der Waals surface area contributed by atoms with Crippen molar-refractivity contribution in [2.45, 2.75) is 59.4 Å². The summed E-state index contributed by atoms with van der Waals surface area (Å²) in [6.07, 6.45) is -0.915. The van der Waals surface area contributed by atoms with Crippen LogP contribution in [0, 0.1) is 12.8 Å². The van der Waals surface area contributed by atoms with E-state index in [0.29, 0.717) is 18.1 Å². The summed E-state index contributed by atoms with van der Waals surface area (Å²) in [4.78, 5) is 25.8. The summed E-state index contributed by atoms with van der Waals surface area (Å²) >= 11 is 0. The average Bonchev–Trinajstić information content (AvgIpc) is 2.89. The van der Waals surface area contributed by atoms with Gasteiger partial charge in [0.15, 0.2) is 11.5 Å². The van der Waals surface area contributed by atoms with Gasteiger partial charge in [-0.3, -0.25) is 4.79 Å². The Kier molecular flexibility index (Phi) is 10.2. The highest BCUT2D eigenvalue weighted by Crippen LogP contribution is 2.33. The van der Waals surface area contributed by atoms with E-state index in [1.165, 1.54) is 0 Å². The third kappa shape index (κ3) is 8.00. The van der Waals surface area contributed by atoms with Gasteiger partial charge in [0, 0.05) is 0 Å². The van der Waals surface area contributed by atoms with Crippen LogP contribution >= 0.6 is 0 Å². The van der Waals surface area contributed by atoms with Crippen molar-refractivity contribution in [3.8, 4) is 11.5 Å². The summed E-state index contributed by atoms with van der Waals surface area (Å²) in [6.45, 7) is 9.67. The van der Waals surface area contributed by atoms with Crippen LogP contribution in [0.5, 0.6) is 11.5 Å². The van der Waals surface area contributed by atoms with Crippen LogP contribution in [-0.2, 0) is 16.1 Å². The summed E-state index contributed by atoms with van der Waals surface area (Å²) < 4.78 is 16.9. The van der Waals surface area contributed by atoms with Gasteiger partial charge in [-0.2, -0.15) is 0 Å². The second-order valence-corrected chi connectivity index (χ2v) is 9.86. The van der Waals surface area contributed by atoms with Crippen molar-refractivity contribution in [3.63, 3.8) is 0 Å². The summed E-state index contributed by atoms with van der Waals surface area (Å²) in [7, 11) is 1.60. The number of ether oxygens (including phenoxy) is 3. The zero-order valence-corrected chi connectivity index (χ0v) is 23.0. The van der Waals surface area contributed by atoms with Gasteiger partial charge in [0.25, 0.3) is 0 Å². The second-order valence-electron chi connectivity index (χ2n) is 9.86. The molecular formula is C31H38N2O5. The van der Waals surface area contributed by atoms with Gasteiger partial charge in [-0.15, -0.1) is 0 Å². The van der Waals surface area contributed by atoms with Gasteiger partial charge in [0.1, 0.15) is 12.6 Å². The molecule has 202 valence electrons. The van der Waals surface area contributed by atoms with Gasteiger partial charge in [0.2, 0.25) is 5.91 Å². The number of hydrogen-bond donors (Lipinski definition) is 2. The Labute approximate surface area is 225 Å². The highest BCUT2D eigenvalue weighted by atomic mass is 16.6. The molecule has 0 bridgehead atoms. The first-order valence-corrected chi connectivity index (χ1v) is 12.9. The van der Waals surface area contributed by atoms with Crippen molar-refractivity contribution in [1.82, 2.24) is 10.6 Å². The van der Waals surface area contributed by atoms with E-state index in [9.17, 15) is 9.59 Å². The Balaban J connectivity index is 1.92. The number of rotatable bonds is 11. The van der Waals surface area contributed by atoms with Gasteiger partial charge in [0.05, 0.1) is 19.3 Å². The van der Waals surface area contributed by atoms with Crippen LogP contribution in [-0.4, -0.2) is 31.3 Å². The standard InChI is InChI=1S/C31H38N2O5/c1-20(2)28(33-31(35)38-21(3)4)30(34)32-29(24-14-12-22(5)13-15-24)25-16-17-26(36-6)27(18-25)37-19-23-10-8-7-9-11-23/h7-18,20-21,28-29H,19H2,1-6H3,(H,32,34)(H,33,35)/t28-,29?/m0/s1. The minimum absolute atomic E-state index is 0.158. The Hall–Kier alpha value is -4.00. The lowest BCUT2D eigenvalue weighted by Crippen LogP contribution is -2.51. The molecule has 0 radical (unpaired) electrons. The molecule has 0 aliphatic carbocycles. The van der Waals surface area contributed by atoms with Crippen LogP contribution in [0.25, 0.3) is 0 Å². The molecule has 1 unspecified atom stereocenters. The van der Waals surface area contributed by atoms with Crippen LogP contribution in [0.1, 0.15) is 56.0 Å². The molecule has 2 N–H and O–H groups in total. The molecule has 3 aromatic carbocycles. The topological polar surface area (TPSA) is 85.9 Å². The van der Waals surface area contributed by atoms with Crippen molar-refractivity contribution in [1.29, 1.82) is 0 Å². The van der Waals surface area contributed by atoms with E-state index in [-0.39, 0.29) is 17.9 Å². The molecule has 3 aromatic rings. The Bertz CT molecular complexity index is 1190. The van der Waals surface area contributed by atoms with E-state index in [1.807, 2.05) is 93.6 Å². The summed E-state index contributed by atoms with van der Waals surface area (Å²) in [6, 6.07) is 22.2. The smallest absolute Gasteiger partial charge is 0.408 e. The number of hydrogen-bond acceptors (Lipinski definition) is 5. The quantitative estimate of drug-likeness (QED) is 0.328. The molecule has 2 atom stereocenters. The number of alkyl carbamates (subject to hydrolysis) is 1. The lowest BCUT2D eigenvalue weighted by Gasteiger charge is -2.27. The highest BCUT2D eigenvalue weighted by molar-refractivity contribution is 5.86. The number of benzene rings is 3. The first kappa shape index (κ1) is 28.6. The molecule has 7 nitrogen and oxygen atoms in total. The predicted octanol–water partition coefficient (Wildman–Crippen LogP) is 5.95. The number of amides is 2. The largest absolute Gasteiger partial charge is 0.493 e. The zero-order valence-electron chi connectivity index (χ0n) is 23.0. The maximum absolute atomic E-state index is 13.5. The molecule has 0 spiro atoms. The van der Waals surface area contributed by atoms with E-state index in [2.05, 4.69) is 10.6 Å². The lowest BCUT2D eigenvalue weighted by atomic mass is 9.96. The van der Waals surface area contributed by atoms with Crippen LogP contribution in [0.15, 0.2) is 72.8 Å². The summed E-state index contributed by atoms with van der Waals surface area (Å²) in [5, 5.41) is 5.86. The van der Waals surface area contributed by atoms with E-state index in [4.69, 9.17) is 14.2 Å². The molecule has 7 heteroatoms. The number of carbonyl (C=O) groups is 2. The van der Waals surface area contributed by atoms with Gasteiger partial charge < -0.3 is 24.8 Å². The molecule has 0 aliphatic rings. The van der Waals surface area contributed by atoms with Gasteiger partial charge >= 0.3 is 6.09 Å². The van der Waals surface area contributed by atoms with Crippen LogP contribution in [0.4, 0.5) is 4.79 Å². The van der Waals surface area contributed by atoms with E-state index in [0.717, 1.165) is 22.3 Å². The first-order chi connectivity index (χ1) is 18.2. The van der Waals surface area contributed by atoms with Crippen molar-refractivity contribution in [2.75, 3.05) is 7.11 Å². The third-order valence-corrected chi connectivity index (χ3v) is 6.02. The van der Waals surface area contributed by atoms with Gasteiger partial charge in [-0.05, 0) is 55.5 Å². The SMILES string of the molecule is COc1ccc(C(NC(=O)[C@@H](NC(=O)OC(C)C)C(C)C)c2ccc(C)cc2)cc1OCc1ccccc1. The van der Waals surface area contributed by atoms with Crippen molar-refractivity contribution in [3.05, 3.63) is 95.1 Å². The monoisotopic (exact) mass is 518 g/mol. The molecule has 0 aromatic heterocycles. The second kappa shape index (κ2) is 13.5. The fourth-order valence-corrected chi connectivity index (χ4v) is 3.98. The van der Waals surface area contributed by atoms with Crippen molar-refractivity contribution >= 4 is 12.0 Å². The number of nitrogens with one attached hydrogen (secondary N) is 2. The third-order valence-electron chi connectivity index (χ3n) is 6.02. The first-order valence-electron chi connectivity index (χ1n) is 12.9. The van der Waals surface area contributed by atoms with Crippen molar-refractivity contribution in [2.24, 2.45) is 5.92 Å². The molecule has 0 fully saturated rings. The van der Waals surface area contributed by atoms with Crippen LogP contribution in [0.3, 0.4) is 0 Å². The lowest BCUT2D eigenvalue weighted by molar-refractivity contribution is -0.124. The number of carbonyl (C=O) groups excluding carboxylic acids is 2. The Morgan fingerprint density at radius 2 is 1.47 bits per heavy atom. The average molecular weight is 519 g/mol. The van der Waals surface area contributed by atoms with E-state index >= 15 is 0 Å². The molecular weight excluding hydrogens is 480 g/mol. The minimum atomic E-state index is -0.777. The fraction of sp³-hybridized carbons (Fsp3) is 0.355. The Morgan fingerprint density at radius 1 is 0.816 bits per heavy atom. The molecule has 0 saturated heterocycles. The molecule has 0 aliphatic heterocycles. The molecule has 0 heterocycles. The highest BCUT2D eigenvalue weighted by Gasteiger charge is 2.28. The summed E-state index contributed by atoms with van der Waals surface area (Å²) in [5.74, 6) is 0.693. The minimum Gasteiger partial charge on any atom is -0.493 e. The molecule has 3 rings (SSSR count). The maximum Gasteiger partial charge on any atom is 0.408 e. The van der Waals surface area contributed by atoms with Crippen LogP contribution < -0.4 is 20.1 Å². The van der Waals surface area contributed by atoms with E-state index < -0.39 is 18.2 Å². The summed E-state index contributed by atoms with van der Waals surface area (Å²) in [5.41, 5.74) is 3.86. The molecule has 0 saturated carbocycles. The van der Waals surface area contributed by atoms with E-state index in [1.54, 1.807) is 21.0 Å². The molecule has 2 amide bonds. The maximum atomic E-state index is 13.5. The van der Waals surface area contributed by atoms with Gasteiger partial charge in [-0.1, -0.05) is 80.1 Å². The zero-order chi connectivity index (χ0) is 27.7. The van der Waals surface area contributed by atoms with Gasteiger partial charge in [-0.25, -0.2) is 4.79 Å². The predicted molar refractivity (Wildman–Crippen MR) is 148 cm³/mol. The number of methoxy groups -OCH3 is 1. The van der Waals surface area contributed by atoms with Crippen LogP contribution in [0.2, 0.25) is 0 Å². The van der Waals surface area contributed by atoms with Crippen molar-refractivity contribution < 1.29 is 23.8 Å². The normalized spacial score (nSPS) is 12.5. The fourth-order valence-electron chi connectivity index (χ4n) is 3.98. The number of aryl methyl sites for hydroxylation is 1. The Morgan fingerprint density at radius 3 is 2.08 bits per heavy atom. The molecule has 38 heavy (non-hydrogen) atoms.